The quantitative estimate of drug-likeness (QED) is 0.157. The first-order valence-corrected chi connectivity index (χ1v) is 27.9. The summed E-state index contributed by atoms with van der Waals surface area (Å²) in [5.74, 6) is 0. The van der Waals surface area contributed by atoms with E-state index in [1.165, 1.54) is 117 Å². The Morgan fingerprint density at radius 3 is 1.54 bits per heavy atom. The number of rotatable bonds is 7. The summed E-state index contributed by atoms with van der Waals surface area (Å²) in [6, 6.07) is 114. The van der Waals surface area contributed by atoms with Crippen LogP contribution in [0, 0.1) is 0 Å². The fourth-order valence-corrected chi connectivity index (χ4v) is 15.0. The van der Waals surface area contributed by atoms with Gasteiger partial charge in [0.15, 0.2) is 0 Å². The van der Waals surface area contributed by atoms with Gasteiger partial charge in [-0.3, -0.25) is 0 Å². The zero-order valence-corrected chi connectivity index (χ0v) is 43.8. The number of nitrogens with zero attached hydrogens (tertiary/aromatic N) is 2. The molecule has 1 atom stereocenters. The minimum Gasteiger partial charge on any atom is -0.310 e. The van der Waals surface area contributed by atoms with Gasteiger partial charge in [0.25, 0.3) is 0 Å². The Balaban J connectivity index is 0.883. The lowest BCUT2D eigenvalue weighted by Crippen LogP contribution is -2.35. The Labute approximate surface area is 466 Å². The van der Waals surface area contributed by atoms with Crippen LogP contribution in [-0.4, -0.2) is 0 Å². The Bertz CT molecular complexity index is 4590. The molecule has 0 N–H and O–H groups in total. The molecule has 13 aromatic rings. The highest BCUT2D eigenvalue weighted by molar-refractivity contribution is 6.05. The SMILES string of the molecule is c1ccc(-c2cc(-c3ccc(N(c4ccc5c(c4)C4(c6ccccc6-c6ccccc64)c4ccccc4-5)c4cccc5ccccc45)cc3)cc3c2-c2cccc4c2C3(c2ccccc2)c2ccccc2N4c2ccccc2)cc1. The molecule has 3 aliphatic carbocycles. The van der Waals surface area contributed by atoms with Crippen molar-refractivity contribution in [2.45, 2.75) is 10.8 Å². The third kappa shape index (κ3) is 6.02. The van der Waals surface area contributed by atoms with Crippen molar-refractivity contribution in [2.75, 3.05) is 9.80 Å². The average molecular weight is 1020 g/mol. The van der Waals surface area contributed by atoms with Gasteiger partial charge in [-0.15, -0.1) is 0 Å². The van der Waals surface area contributed by atoms with E-state index in [-0.39, 0.29) is 0 Å². The molecule has 0 aromatic heterocycles. The monoisotopic (exact) mass is 1010 g/mol. The molecule has 1 unspecified atom stereocenters. The molecule has 0 saturated heterocycles. The van der Waals surface area contributed by atoms with Crippen molar-refractivity contribution in [3.05, 3.63) is 348 Å². The van der Waals surface area contributed by atoms with Gasteiger partial charge in [0.2, 0.25) is 0 Å². The first-order chi connectivity index (χ1) is 39.7. The van der Waals surface area contributed by atoms with E-state index in [1.54, 1.807) is 0 Å². The van der Waals surface area contributed by atoms with Crippen LogP contribution in [-0.2, 0) is 10.8 Å². The molecule has 0 amide bonds. The Kier molecular flexibility index (Phi) is 9.58. The maximum absolute atomic E-state index is 2.53. The van der Waals surface area contributed by atoms with E-state index in [9.17, 15) is 0 Å². The first-order valence-electron chi connectivity index (χ1n) is 27.9. The molecule has 0 radical (unpaired) electrons. The van der Waals surface area contributed by atoms with Gasteiger partial charge in [0.05, 0.1) is 27.9 Å². The molecule has 4 aliphatic rings. The van der Waals surface area contributed by atoms with Crippen molar-refractivity contribution >= 4 is 44.9 Å². The van der Waals surface area contributed by atoms with Crippen LogP contribution in [0.2, 0.25) is 0 Å². The summed E-state index contributed by atoms with van der Waals surface area (Å²) < 4.78 is 0. The molecule has 13 aromatic carbocycles. The summed E-state index contributed by atoms with van der Waals surface area (Å²) in [7, 11) is 0. The first kappa shape index (κ1) is 44.8. The lowest BCUT2D eigenvalue weighted by Gasteiger charge is -2.44. The van der Waals surface area contributed by atoms with Crippen LogP contribution in [0.4, 0.5) is 34.1 Å². The van der Waals surface area contributed by atoms with Crippen LogP contribution >= 0.6 is 0 Å². The van der Waals surface area contributed by atoms with Gasteiger partial charge in [-0.25, -0.2) is 0 Å². The van der Waals surface area contributed by atoms with E-state index in [0.717, 1.165) is 28.3 Å². The topological polar surface area (TPSA) is 6.48 Å². The highest BCUT2D eigenvalue weighted by atomic mass is 15.2. The smallest absolute Gasteiger partial charge is 0.0754 e. The predicted molar refractivity (Wildman–Crippen MR) is 331 cm³/mol. The summed E-state index contributed by atoms with van der Waals surface area (Å²) in [5.41, 5.74) is 28.8. The van der Waals surface area contributed by atoms with Gasteiger partial charge in [-0.05, 0) is 167 Å². The zero-order chi connectivity index (χ0) is 52.5. The molecule has 0 bridgehead atoms. The number of benzene rings is 13. The van der Waals surface area contributed by atoms with Crippen molar-refractivity contribution in [2.24, 2.45) is 0 Å². The van der Waals surface area contributed by atoms with Gasteiger partial charge < -0.3 is 9.80 Å². The normalized spacial score (nSPS) is 15.1. The van der Waals surface area contributed by atoms with E-state index in [1.807, 2.05) is 0 Å². The van der Waals surface area contributed by atoms with Gasteiger partial charge in [0, 0.05) is 28.0 Å². The van der Waals surface area contributed by atoms with Crippen LogP contribution < -0.4 is 9.80 Å². The van der Waals surface area contributed by atoms with E-state index in [0.29, 0.717) is 0 Å². The molecule has 2 nitrogen and oxygen atoms in total. The molecule has 1 aliphatic heterocycles. The van der Waals surface area contributed by atoms with Crippen molar-refractivity contribution in [3.8, 4) is 55.6 Å². The summed E-state index contributed by atoms with van der Waals surface area (Å²) in [5, 5.41) is 2.40. The summed E-state index contributed by atoms with van der Waals surface area (Å²) in [4.78, 5) is 4.98. The van der Waals surface area contributed by atoms with E-state index in [2.05, 4.69) is 313 Å². The fourth-order valence-electron chi connectivity index (χ4n) is 15.0. The molecule has 2 heteroatoms. The van der Waals surface area contributed by atoms with Gasteiger partial charge in [0.1, 0.15) is 0 Å². The predicted octanol–water partition coefficient (Wildman–Crippen LogP) is 20.1. The molecule has 0 fully saturated rings. The summed E-state index contributed by atoms with van der Waals surface area (Å²) in [6.45, 7) is 0. The third-order valence-electron chi connectivity index (χ3n) is 18.0. The fraction of sp³-hybridized carbons (Fsp3) is 0.0256. The Morgan fingerprint density at radius 1 is 0.287 bits per heavy atom. The van der Waals surface area contributed by atoms with Crippen LogP contribution in [0.5, 0.6) is 0 Å². The molecule has 1 heterocycles. The number of hydrogen-bond donors (Lipinski definition) is 0. The third-order valence-corrected chi connectivity index (χ3v) is 18.0. The number of anilines is 6. The minimum absolute atomic E-state index is 0.469. The standard InChI is InChI=1S/C78H50N2/c1-4-22-53(23-5-1)65-48-54(49-71-75(65)64-34-21-41-74-76(64)77(71,55-26-6-2-7-27-55)69-38-18-19-39-73(69)80(74)56-28-8-3-9-29-56)51-42-44-57(45-43-51)79(72-40-20-25-52-24-10-11-30-59(52)72)58-46-47-63-62-33-14-17-37-68(62)78(70(63)50-58)66-35-15-12-31-60(66)61-32-13-16-36-67(61)78/h1-50H. The highest BCUT2D eigenvalue weighted by Gasteiger charge is 2.54. The van der Waals surface area contributed by atoms with E-state index in [4.69, 9.17) is 0 Å². The van der Waals surface area contributed by atoms with Gasteiger partial charge in [-0.2, -0.15) is 0 Å². The summed E-state index contributed by atoms with van der Waals surface area (Å²) >= 11 is 0. The van der Waals surface area contributed by atoms with Crippen LogP contribution in [0.15, 0.2) is 303 Å². The number of fused-ring (bicyclic) bond motifs is 16. The maximum atomic E-state index is 2.53. The zero-order valence-electron chi connectivity index (χ0n) is 43.8. The number of hydrogen-bond acceptors (Lipinski definition) is 2. The van der Waals surface area contributed by atoms with E-state index >= 15 is 0 Å². The second kappa shape index (κ2) is 17.1. The molecule has 17 rings (SSSR count). The van der Waals surface area contributed by atoms with Crippen LogP contribution in [0.3, 0.4) is 0 Å². The molecular formula is C78H50N2. The lowest BCUT2D eigenvalue weighted by molar-refractivity contribution is 0.754. The lowest BCUT2D eigenvalue weighted by atomic mass is 9.64. The van der Waals surface area contributed by atoms with Crippen molar-refractivity contribution in [1.82, 2.24) is 0 Å². The molecule has 80 heavy (non-hydrogen) atoms. The average Bonchev–Trinajstić information content (AvgIpc) is 4.24. The summed E-state index contributed by atoms with van der Waals surface area (Å²) in [6.07, 6.45) is 0. The largest absolute Gasteiger partial charge is 0.310 e. The molecule has 1 spiro atoms. The number of para-hydroxylation sites is 2. The van der Waals surface area contributed by atoms with Crippen LogP contribution in [0.1, 0.15) is 44.5 Å². The van der Waals surface area contributed by atoms with Crippen LogP contribution in [0.25, 0.3) is 66.4 Å². The minimum atomic E-state index is -0.611. The molecular weight excluding hydrogens is 965 g/mol. The second-order valence-electron chi connectivity index (χ2n) is 21.8. The second-order valence-corrected chi connectivity index (χ2v) is 21.8. The van der Waals surface area contributed by atoms with E-state index < -0.39 is 10.8 Å². The van der Waals surface area contributed by atoms with Crippen molar-refractivity contribution < 1.29 is 0 Å². The Morgan fingerprint density at radius 2 is 0.825 bits per heavy atom. The Hall–Kier alpha value is -10.3. The van der Waals surface area contributed by atoms with Gasteiger partial charge in [-0.1, -0.05) is 237 Å². The van der Waals surface area contributed by atoms with Crippen molar-refractivity contribution in [1.29, 1.82) is 0 Å². The molecule has 0 saturated carbocycles. The van der Waals surface area contributed by atoms with Gasteiger partial charge >= 0.3 is 0 Å². The molecule has 372 valence electrons. The maximum Gasteiger partial charge on any atom is 0.0754 e. The van der Waals surface area contributed by atoms with Crippen molar-refractivity contribution in [3.63, 3.8) is 0 Å². The highest BCUT2D eigenvalue weighted by Crippen LogP contribution is 2.67.